The number of amides is 1. The van der Waals surface area contributed by atoms with Gasteiger partial charge in [0, 0.05) is 20.1 Å². The third-order valence-electron chi connectivity index (χ3n) is 8.08. The van der Waals surface area contributed by atoms with Crippen LogP contribution in [0.4, 0.5) is 0 Å². The first-order chi connectivity index (χ1) is 19.6. The monoisotopic (exact) mass is 581 g/mol. The van der Waals surface area contributed by atoms with Gasteiger partial charge in [0.1, 0.15) is 0 Å². The van der Waals surface area contributed by atoms with E-state index in [1.54, 1.807) is 7.11 Å². The fourth-order valence-electron chi connectivity index (χ4n) is 5.38. The van der Waals surface area contributed by atoms with Gasteiger partial charge in [-0.3, -0.25) is 9.59 Å². The van der Waals surface area contributed by atoms with E-state index in [0.717, 1.165) is 37.7 Å². The number of carbonyl (C=O) groups excluding carboxylic acids is 2. The summed E-state index contributed by atoms with van der Waals surface area (Å²) in [4.78, 5) is 25.6. The molecular weight excluding hydrogens is 522 g/mol. The van der Waals surface area contributed by atoms with Crippen molar-refractivity contribution in [3.05, 3.63) is 23.8 Å². The largest absolute Gasteiger partial charge is 0.452 e. The van der Waals surface area contributed by atoms with Crippen molar-refractivity contribution in [1.29, 1.82) is 0 Å². The van der Waals surface area contributed by atoms with Gasteiger partial charge in [-0.15, -0.1) is 0 Å². The molecule has 1 amide bonds. The molecule has 0 aromatic rings. The minimum Gasteiger partial charge on any atom is -0.452 e. The fraction of sp³-hybridized carbons (Fsp3) is 0.818. The lowest BCUT2D eigenvalue weighted by Crippen LogP contribution is -2.43. The Morgan fingerprint density at radius 2 is 1.68 bits per heavy atom. The van der Waals surface area contributed by atoms with Crippen molar-refractivity contribution in [2.75, 3.05) is 20.3 Å². The average molecular weight is 582 g/mol. The molecular formula is C33H59NO7. The van der Waals surface area contributed by atoms with Crippen molar-refractivity contribution < 1.29 is 34.4 Å². The number of methoxy groups -OCH3 is 1. The lowest BCUT2D eigenvalue weighted by atomic mass is 9.92. The Labute approximate surface area is 249 Å². The Hall–Kier alpha value is -1.74. The van der Waals surface area contributed by atoms with Gasteiger partial charge >= 0.3 is 5.97 Å². The summed E-state index contributed by atoms with van der Waals surface area (Å²) in [6.07, 6.45) is 12.8. The Morgan fingerprint density at radius 3 is 2.34 bits per heavy atom. The predicted octanol–water partition coefficient (Wildman–Crippen LogP) is 5.24. The van der Waals surface area contributed by atoms with Gasteiger partial charge in [-0.1, -0.05) is 84.4 Å². The van der Waals surface area contributed by atoms with Crippen molar-refractivity contribution in [2.45, 2.75) is 136 Å². The van der Waals surface area contributed by atoms with Crippen LogP contribution in [0.5, 0.6) is 0 Å². The molecule has 0 saturated heterocycles. The molecule has 1 aliphatic heterocycles. The second kappa shape index (κ2) is 21.9. The number of rotatable bonds is 5. The second-order valence-electron chi connectivity index (χ2n) is 12.1. The standard InChI is InChI=1S/C33H59NO7/c1-6-13-31-32(38)34-22-28(35)21-30(37)29(36)19-18-27(23-40-5)17-12-16-26(7-2)15-11-9-8-10-14-24(3)20-25(4)33(39)41-31/h12,16-17,24-26,28-31,35-37H,6-11,13-15,18-23H2,1-5H3,(H,34,38)/b16-12+,27-17-/t24-,25-,26+,28-,29+,30-,31-/m0/s1. The van der Waals surface area contributed by atoms with Gasteiger partial charge in [0.2, 0.25) is 0 Å². The van der Waals surface area contributed by atoms with Gasteiger partial charge in [-0.25, -0.2) is 0 Å². The molecule has 1 rings (SSSR count). The highest BCUT2D eigenvalue weighted by atomic mass is 16.5. The molecule has 41 heavy (non-hydrogen) atoms. The van der Waals surface area contributed by atoms with Crippen LogP contribution in [0.1, 0.15) is 111 Å². The highest BCUT2D eigenvalue weighted by Gasteiger charge is 2.27. The topological polar surface area (TPSA) is 125 Å². The highest BCUT2D eigenvalue weighted by Crippen LogP contribution is 2.22. The maximum Gasteiger partial charge on any atom is 0.309 e. The van der Waals surface area contributed by atoms with E-state index in [1.165, 1.54) is 19.3 Å². The van der Waals surface area contributed by atoms with Crippen LogP contribution in [0.15, 0.2) is 23.8 Å². The predicted molar refractivity (Wildman–Crippen MR) is 163 cm³/mol. The van der Waals surface area contributed by atoms with Crippen LogP contribution in [0, 0.1) is 17.8 Å². The Balaban J connectivity index is 2.94. The number of ether oxygens (including phenoxy) is 2. The molecule has 0 spiro atoms. The Bertz CT molecular complexity index is 784. The number of esters is 1. The number of cyclic esters (lactones) is 1. The summed E-state index contributed by atoms with van der Waals surface area (Å²) in [5.41, 5.74) is 1.03. The number of hydrogen-bond acceptors (Lipinski definition) is 7. The first-order valence-electron chi connectivity index (χ1n) is 16.0. The molecule has 1 aliphatic rings. The van der Waals surface area contributed by atoms with Crippen LogP contribution in [-0.4, -0.2) is 71.9 Å². The maximum atomic E-state index is 12.8. The van der Waals surface area contributed by atoms with E-state index in [9.17, 15) is 24.9 Å². The summed E-state index contributed by atoms with van der Waals surface area (Å²) in [5.74, 6) is -0.208. The molecule has 0 aliphatic carbocycles. The molecule has 0 fully saturated rings. The van der Waals surface area contributed by atoms with Crippen LogP contribution in [0.25, 0.3) is 0 Å². The van der Waals surface area contributed by atoms with E-state index < -0.39 is 30.3 Å². The molecule has 1 heterocycles. The summed E-state index contributed by atoms with van der Waals surface area (Å²) in [5, 5.41) is 34.1. The molecule has 0 unspecified atom stereocenters. The minimum absolute atomic E-state index is 0.0873. The van der Waals surface area contributed by atoms with Gasteiger partial charge in [-0.2, -0.15) is 0 Å². The van der Waals surface area contributed by atoms with Crippen LogP contribution in [-0.2, 0) is 19.1 Å². The van der Waals surface area contributed by atoms with Crippen molar-refractivity contribution in [1.82, 2.24) is 5.32 Å². The highest BCUT2D eigenvalue weighted by molar-refractivity contribution is 5.84. The van der Waals surface area contributed by atoms with Crippen LogP contribution in [0.2, 0.25) is 0 Å². The molecule has 0 aromatic heterocycles. The first-order valence-corrected chi connectivity index (χ1v) is 16.0. The number of nitrogens with one attached hydrogen (secondary N) is 1. The van der Waals surface area contributed by atoms with Crippen molar-refractivity contribution in [3.8, 4) is 0 Å². The van der Waals surface area contributed by atoms with Crippen molar-refractivity contribution >= 4 is 11.9 Å². The van der Waals surface area contributed by atoms with E-state index in [1.807, 2.05) is 19.9 Å². The van der Waals surface area contributed by atoms with Crippen LogP contribution < -0.4 is 5.32 Å². The van der Waals surface area contributed by atoms with Gasteiger partial charge in [0.15, 0.2) is 6.10 Å². The smallest absolute Gasteiger partial charge is 0.309 e. The SMILES string of the molecule is CCC[C@@H]1OC(=O)[C@@H](C)C[C@@H](C)CCCCCC[C@@H](CC)/C=C/C=C(\COC)CC[C@@H](O)[C@@H](O)C[C@H](O)CNC1=O. The molecule has 0 bridgehead atoms. The normalized spacial score (nSPS) is 33.7. The lowest BCUT2D eigenvalue weighted by molar-refractivity contribution is -0.160. The third kappa shape index (κ3) is 16.5. The lowest BCUT2D eigenvalue weighted by Gasteiger charge is -2.23. The van der Waals surface area contributed by atoms with Gasteiger partial charge in [0.05, 0.1) is 30.8 Å². The van der Waals surface area contributed by atoms with E-state index >= 15 is 0 Å². The average Bonchev–Trinajstić information content (AvgIpc) is 2.94. The molecule has 0 radical (unpaired) electrons. The van der Waals surface area contributed by atoms with Crippen LogP contribution >= 0.6 is 0 Å². The minimum atomic E-state index is -1.14. The van der Waals surface area contributed by atoms with Crippen molar-refractivity contribution in [3.63, 3.8) is 0 Å². The molecule has 7 atom stereocenters. The summed E-state index contributed by atoms with van der Waals surface area (Å²) in [6.45, 7) is 8.50. The van der Waals surface area contributed by atoms with Gasteiger partial charge < -0.3 is 30.1 Å². The molecule has 0 aromatic carbocycles. The van der Waals surface area contributed by atoms with Crippen molar-refractivity contribution in [2.24, 2.45) is 17.8 Å². The quantitative estimate of drug-likeness (QED) is 0.327. The number of aliphatic hydroxyl groups excluding tert-OH is 3. The fourth-order valence-corrected chi connectivity index (χ4v) is 5.38. The number of aliphatic hydroxyl groups is 3. The second-order valence-corrected chi connectivity index (χ2v) is 12.1. The molecule has 8 nitrogen and oxygen atoms in total. The summed E-state index contributed by atoms with van der Waals surface area (Å²) in [6, 6.07) is 0. The number of hydrogen-bond donors (Lipinski definition) is 4. The number of allylic oxidation sites excluding steroid dienone is 3. The maximum absolute atomic E-state index is 12.8. The Morgan fingerprint density at radius 1 is 0.976 bits per heavy atom. The van der Waals surface area contributed by atoms with Gasteiger partial charge in [0.25, 0.3) is 5.91 Å². The van der Waals surface area contributed by atoms with Gasteiger partial charge in [-0.05, 0) is 55.9 Å². The van der Waals surface area contributed by atoms with E-state index in [0.29, 0.717) is 44.1 Å². The summed E-state index contributed by atoms with van der Waals surface area (Å²) >= 11 is 0. The Kier molecular flexibility index (Phi) is 19.9. The number of carbonyl (C=O) groups is 2. The molecule has 4 N–H and O–H groups in total. The zero-order chi connectivity index (χ0) is 30.6. The van der Waals surface area contributed by atoms with Crippen LogP contribution in [0.3, 0.4) is 0 Å². The summed E-state index contributed by atoms with van der Waals surface area (Å²) in [7, 11) is 1.64. The molecule has 0 saturated carbocycles. The van der Waals surface area contributed by atoms with E-state index in [2.05, 4.69) is 31.3 Å². The molecule has 8 heteroatoms. The van der Waals surface area contributed by atoms with E-state index in [4.69, 9.17) is 9.47 Å². The zero-order valence-corrected chi connectivity index (χ0v) is 26.4. The number of β-amino-alcohol motifs (C(OH)–C–C–N with tert-alkyl or cyclic N) is 1. The zero-order valence-electron chi connectivity index (χ0n) is 26.4. The van der Waals surface area contributed by atoms with E-state index in [-0.39, 0.29) is 24.9 Å². The molecule has 238 valence electrons. The summed E-state index contributed by atoms with van der Waals surface area (Å²) < 4.78 is 10.9. The first kappa shape index (κ1) is 37.3. The third-order valence-corrected chi connectivity index (χ3v) is 8.08.